The SMILES string of the molecule is O=C(O)CC1CCN(c2cccc(S(=O)(=O)Nc3ccc(C(F)(F)F)c(-c4ccccc4C4CC4)n3)n2)C1. The van der Waals surface area contributed by atoms with Crippen molar-refractivity contribution in [3.05, 3.63) is 65.7 Å². The highest BCUT2D eigenvalue weighted by Gasteiger charge is 2.37. The molecule has 200 valence electrons. The van der Waals surface area contributed by atoms with Crippen LogP contribution in [0.15, 0.2) is 59.6 Å². The monoisotopic (exact) mass is 546 g/mol. The van der Waals surface area contributed by atoms with E-state index in [1.165, 1.54) is 12.1 Å². The first-order valence-corrected chi connectivity index (χ1v) is 13.6. The van der Waals surface area contributed by atoms with Gasteiger partial charge in [-0.3, -0.25) is 9.52 Å². The molecule has 38 heavy (non-hydrogen) atoms. The maximum absolute atomic E-state index is 13.9. The van der Waals surface area contributed by atoms with Crippen LogP contribution >= 0.6 is 0 Å². The number of nitrogens with zero attached hydrogens (tertiary/aromatic N) is 3. The third-order valence-corrected chi connectivity index (χ3v) is 7.99. The van der Waals surface area contributed by atoms with E-state index in [4.69, 9.17) is 5.11 Å². The Morgan fingerprint density at radius 1 is 1.03 bits per heavy atom. The molecule has 5 rings (SSSR count). The zero-order valence-electron chi connectivity index (χ0n) is 20.1. The van der Waals surface area contributed by atoms with E-state index in [0.29, 0.717) is 30.9 Å². The van der Waals surface area contributed by atoms with Crippen LogP contribution in [0.25, 0.3) is 11.3 Å². The van der Waals surface area contributed by atoms with E-state index in [2.05, 4.69) is 14.7 Å². The van der Waals surface area contributed by atoms with Crippen LogP contribution in [0, 0.1) is 5.92 Å². The maximum atomic E-state index is 13.9. The number of carboxylic acids is 1. The molecule has 3 aromatic rings. The lowest BCUT2D eigenvalue weighted by atomic mass is 9.97. The second-order valence-electron chi connectivity index (χ2n) is 9.59. The average molecular weight is 547 g/mol. The van der Waals surface area contributed by atoms with Crippen molar-refractivity contribution in [2.45, 2.75) is 42.8 Å². The molecule has 0 spiro atoms. The smallest absolute Gasteiger partial charge is 0.418 e. The summed E-state index contributed by atoms with van der Waals surface area (Å²) in [5.74, 6) is -0.690. The number of hydrogen-bond acceptors (Lipinski definition) is 6. The van der Waals surface area contributed by atoms with Crippen molar-refractivity contribution in [2.75, 3.05) is 22.7 Å². The van der Waals surface area contributed by atoms with Gasteiger partial charge in [-0.25, -0.2) is 9.97 Å². The van der Waals surface area contributed by atoms with Gasteiger partial charge in [-0.05, 0) is 60.9 Å². The Labute approximate surface area is 217 Å². The summed E-state index contributed by atoms with van der Waals surface area (Å²) in [4.78, 5) is 21.2. The van der Waals surface area contributed by atoms with Crippen LogP contribution in [-0.4, -0.2) is 42.6 Å². The molecule has 8 nitrogen and oxygen atoms in total. The number of benzene rings is 1. The van der Waals surface area contributed by atoms with Gasteiger partial charge in [-0.15, -0.1) is 0 Å². The van der Waals surface area contributed by atoms with Gasteiger partial charge in [0, 0.05) is 25.1 Å². The Morgan fingerprint density at radius 3 is 2.50 bits per heavy atom. The Morgan fingerprint density at radius 2 is 1.79 bits per heavy atom. The van der Waals surface area contributed by atoms with Crippen molar-refractivity contribution in [1.82, 2.24) is 9.97 Å². The van der Waals surface area contributed by atoms with Gasteiger partial charge in [0.05, 0.1) is 11.3 Å². The molecule has 0 radical (unpaired) electrons. The molecule has 1 aromatic carbocycles. The number of rotatable bonds is 8. The number of aliphatic carboxylic acids is 1. The normalized spacial score (nSPS) is 18.0. The first kappa shape index (κ1) is 26.0. The topological polar surface area (TPSA) is 112 Å². The summed E-state index contributed by atoms with van der Waals surface area (Å²) in [6, 6.07) is 13.0. The molecule has 1 aliphatic carbocycles. The summed E-state index contributed by atoms with van der Waals surface area (Å²) in [6.45, 7) is 0.965. The predicted octanol–water partition coefficient (Wildman–Crippen LogP) is 5.14. The maximum Gasteiger partial charge on any atom is 0.418 e. The van der Waals surface area contributed by atoms with Crippen LogP contribution in [0.4, 0.5) is 24.8 Å². The van der Waals surface area contributed by atoms with Gasteiger partial charge in [0.2, 0.25) is 0 Å². The fourth-order valence-corrected chi connectivity index (χ4v) is 5.75. The summed E-state index contributed by atoms with van der Waals surface area (Å²) in [7, 11) is -4.28. The molecular formula is C26H25F3N4O4S. The van der Waals surface area contributed by atoms with Crippen molar-refractivity contribution >= 4 is 27.6 Å². The third-order valence-electron chi connectivity index (χ3n) is 6.73. The molecule has 12 heteroatoms. The average Bonchev–Trinajstić information content (AvgIpc) is 3.61. The molecule has 0 amide bonds. The number of nitrogens with one attached hydrogen (secondary N) is 1. The van der Waals surface area contributed by atoms with Gasteiger partial charge in [0.1, 0.15) is 11.6 Å². The molecule has 3 heterocycles. The number of hydrogen-bond donors (Lipinski definition) is 2. The minimum Gasteiger partial charge on any atom is -0.481 e. The number of alkyl halides is 3. The molecule has 0 bridgehead atoms. The molecule has 1 saturated heterocycles. The highest BCUT2D eigenvalue weighted by atomic mass is 32.2. The van der Waals surface area contributed by atoms with Crippen molar-refractivity contribution in [2.24, 2.45) is 5.92 Å². The number of carbonyl (C=O) groups is 1. The first-order chi connectivity index (χ1) is 18.0. The number of pyridine rings is 2. The molecule has 2 N–H and O–H groups in total. The number of sulfonamides is 1. The minimum absolute atomic E-state index is 0.0157. The third kappa shape index (κ3) is 5.59. The largest absolute Gasteiger partial charge is 0.481 e. The van der Waals surface area contributed by atoms with Crippen molar-refractivity contribution in [3.8, 4) is 11.3 Å². The lowest BCUT2D eigenvalue weighted by Crippen LogP contribution is -2.23. The van der Waals surface area contributed by atoms with E-state index in [1.807, 2.05) is 4.90 Å². The fraction of sp³-hybridized carbons (Fsp3) is 0.346. The van der Waals surface area contributed by atoms with Gasteiger partial charge in [0.15, 0.2) is 5.03 Å². The summed E-state index contributed by atoms with van der Waals surface area (Å²) >= 11 is 0. The lowest BCUT2D eigenvalue weighted by Gasteiger charge is -2.18. The summed E-state index contributed by atoms with van der Waals surface area (Å²) < 4.78 is 70.2. The fourth-order valence-electron chi connectivity index (χ4n) is 4.79. The van der Waals surface area contributed by atoms with Crippen LogP contribution in [0.3, 0.4) is 0 Å². The van der Waals surface area contributed by atoms with E-state index < -0.39 is 27.7 Å². The van der Waals surface area contributed by atoms with Crippen LogP contribution in [0.5, 0.6) is 0 Å². The standard InChI is InChI=1S/C26H25F3N4O4S/c27-26(28,29)20-10-11-21(30-25(20)19-5-2-1-4-18(19)17-8-9-17)32-38(36,37)23-7-3-6-22(31-23)33-13-12-16(15-33)14-24(34)35/h1-7,10-11,16-17H,8-9,12-15H2,(H,30,32)(H,34,35). The molecule has 1 aliphatic heterocycles. The first-order valence-electron chi connectivity index (χ1n) is 12.2. The number of carboxylic acid groups (broad SMARTS) is 1. The number of aromatic nitrogens is 2. The Bertz CT molecular complexity index is 1480. The van der Waals surface area contributed by atoms with E-state index in [0.717, 1.165) is 30.5 Å². The van der Waals surface area contributed by atoms with Gasteiger partial charge < -0.3 is 10.0 Å². The van der Waals surface area contributed by atoms with Crippen LogP contribution in [-0.2, 0) is 21.0 Å². The Hall–Kier alpha value is -3.67. The number of halogens is 3. The van der Waals surface area contributed by atoms with Gasteiger partial charge in [0.25, 0.3) is 10.0 Å². The van der Waals surface area contributed by atoms with Crippen LogP contribution in [0.2, 0.25) is 0 Å². The van der Waals surface area contributed by atoms with Gasteiger partial charge in [-0.2, -0.15) is 21.6 Å². The molecule has 2 aromatic heterocycles. The van der Waals surface area contributed by atoms with E-state index in [9.17, 15) is 26.4 Å². The van der Waals surface area contributed by atoms with E-state index in [-0.39, 0.29) is 34.8 Å². The molecule has 2 aliphatic rings. The second-order valence-corrected chi connectivity index (χ2v) is 11.2. The van der Waals surface area contributed by atoms with Gasteiger partial charge in [-0.1, -0.05) is 30.3 Å². The lowest BCUT2D eigenvalue weighted by molar-refractivity contribution is -0.138. The van der Waals surface area contributed by atoms with Crippen LogP contribution in [0.1, 0.15) is 42.7 Å². The van der Waals surface area contributed by atoms with Crippen LogP contribution < -0.4 is 9.62 Å². The zero-order valence-corrected chi connectivity index (χ0v) is 21.0. The highest BCUT2D eigenvalue weighted by molar-refractivity contribution is 7.92. The van der Waals surface area contributed by atoms with Gasteiger partial charge >= 0.3 is 12.1 Å². The quantitative estimate of drug-likeness (QED) is 0.402. The minimum atomic E-state index is -4.68. The van der Waals surface area contributed by atoms with E-state index in [1.54, 1.807) is 30.3 Å². The molecular weight excluding hydrogens is 521 g/mol. The summed E-state index contributed by atoms with van der Waals surface area (Å²) in [6.07, 6.45) is -2.27. The molecule has 1 unspecified atom stereocenters. The molecule has 1 atom stereocenters. The van der Waals surface area contributed by atoms with E-state index >= 15 is 0 Å². The molecule has 2 fully saturated rings. The molecule has 1 saturated carbocycles. The highest BCUT2D eigenvalue weighted by Crippen LogP contribution is 2.46. The Kier molecular flexibility index (Phi) is 6.76. The summed E-state index contributed by atoms with van der Waals surface area (Å²) in [5, 5.41) is 8.71. The predicted molar refractivity (Wildman–Crippen MR) is 134 cm³/mol. The van der Waals surface area contributed by atoms with Crippen molar-refractivity contribution in [1.29, 1.82) is 0 Å². The van der Waals surface area contributed by atoms with Crippen molar-refractivity contribution in [3.63, 3.8) is 0 Å². The zero-order chi connectivity index (χ0) is 27.1. The Balaban J connectivity index is 1.44. The number of anilines is 2. The second kappa shape index (κ2) is 9.90. The van der Waals surface area contributed by atoms with Crippen molar-refractivity contribution < 1.29 is 31.5 Å². The summed E-state index contributed by atoms with van der Waals surface area (Å²) in [5.41, 5.74) is -0.192.